The summed E-state index contributed by atoms with van der Waals surface area (Å²) in [6.45, 7) is -0.311. The summed E-state index contributed by atoms with van der Waals surface area (Å²) in [6.07, 6.45) is 3.35. The minimum Gasteiger partial charge on any atom is -0.452 e. The second-order valence-electron chi connectivity index (χ2n) is 5.51. The van der Waals surface area contributed by atoms with Crippen LogP contribution >= 0.6 is 11.6 Å². The molecule has 0 saturated carbocycles. The van der Waals surface area contributed by atoms with E-state index in [9.17, 15) is 19.7 Å². The quantitative estimate of drug-likeness (QED) is 0.364. The summed E-state index contributed by atoms with van der Waals surface area (Å²) in [7, 11) is 0. The zero-order valence-electron chi connectivity index (χ0n) is 14.2. The van der Waals surface area contributed by atoms with Crippen LogP contribution in [-0.4, -0.2) is 33.2 Å². The molecule has 1 aromatic carbocycles. The molecule has 0 unspecified atom stereocenters. The molecular weight excluding hydrogens is 392 g/mol. The molecule has 0 aliphatic heterocycles. The Kier molecular flexibility index (Phi) is 5.70. The Morgan fingerprint density at radius 3 is 2.86 bits per heavy atom. The molecule has 2 aromatic heterocycles. The van der Waals surface area contributed by atoms with Crippen molar-refractivity contribution in [3.8, 4) is 0 Å². The maximum absolute atomic E-state index is 12.0. The molecule has 0 aliphatic carbocycles. The number of rotatable bonds is 7. The topological polar surface area (TPSA) is 130 Å². The molecular formula is C17H13ClN4O6. The van der Waals surface area contributed by atoms with E-state index in [4.69, 9.17) is 20.8 Å². The van der Waals surface area contributed by atoms with Crippen LogP contribution in [0.2, 0.25) is 5.02 Å². The minimum atomic E-state index is -0.840. The van der Waals surface area contributed by atoms with E-state index in [1.54, 1.807) is 29.2 Å². The summed E-state index contributed by atoms with van der Waals surface area (Å²) in [4.78, 5) is 34.3. The van der Waals surface area contributed by atoms with Crippen molar-refractivity contribution >= 4 is 34.9 Å². The lowest BCUT2D eigenvalue weighted by atomic mass is 10.2. The van der Waals surface area contributed by atoms with Gasteiger partial charge in [0.15, 0.2) is 6.61 Å². The number of benzene rings is 1. The zero-order chi connectivity index (χ0) is 20.1. The van der Waals surface area contributed by atoms with E-state index in [1.165, 1.54) is 18.2 Å². The number of nitro benzene ring substituents is 1. The number of furan rings is 1. The van der Waals surface area contributed by atoms with Crippen LogP contribution in [-0.2, 0) is 16.1 Å². The van der Waals surface area contributed by atoms with Crippen LogP contribution in [0, 0.1) is 10.1 Å². The standard InChI is InChI=1S/C17H13ClN4O6/c18-11-2-4-13(14(8-11)22(25)26)20-16(23)10-27-17(24)15-5-3-12(28-15)9-21-7-1-6-19-21/h1-8H,9-10H2,(H,20,23). The SMILES string of the molecule is O=C(COC(=O)c1ccc(Cn2cccn2)o1)Nc1ccc(Cl)cc1[N+](=O)[O-]. The number of nitrogens with one attached hydrogen (secondary N) is 1. The number of aromatic nitrogens is 2. The highest BCUT2D eigenvalue weighted by atomic mass is 35.5. The van der Waals surface area contributed by atoms with E-state index in [2.05, 4.69) is 10.4 Å². The molecule has 0 atom stereocenters. The summed E-state index contributed by atoms with van der Waals surface area (Å²) >= 11 is 5.71. The first-order valence-electron chi connectivity index (χ1n) is 7.89. The number of carbonyl (C=O) groups is 2. The number of nitro groups is 1. The molecule has 2 heterocycles. The minimum absolute atomic E-state index is 0.0602. The number of amides is 1. The third kappa shape index (κ3) is 4.74. The van der Waals surface area contributed by atoms with Gasteiger partial charge in [-0.25, -0.2) is 4.79 Å². The van der Waals surface area contributed by atoms with E-state index in [0.29, 0.717) is 12.3 Å². The van der Waals surface area contributed by atoms with Gasteiger partial charge >= 0.3 is 5.97 Å². The van der Waals surface area contributed by atoms with Gasteiger partial charge in [-0.05, 0) is 30.3 Å². The fourth-order valence-electron chi connectivity index (χ4n) is 2.28. The van der Waals surface area contributed by atoms with E-state index < -0.39 is 23.4 Å². The Morgan fingerprint density at radius 1 is 1.32 bits per heavy atom. The number of hydrogen-bond donors (Lipinski definition) is 1. The molecule has 28 heavy (non-hydrogen) atoms. The molecule has 0 aliphatic rings. The first-order chi connectivity index (χ1) is 13.4. The number of hydrogen-bond acceptors (Lipinski definition) is 7. The lowest BCUT2D eigenvalue weighted by molar-refractivity contribution is -0.383. The number of esters is 1. The summed E-state index contributed by atoms with van der Waals surface area (Å²) < 4.78 is 11.8. The van der Waals surface area contributed by atoms with Gasteiger partial charge in [0, 0.05) is 23.5 Å². The van der Waals surface area contributed by atoms with Gasteiger partial charge in [-0.15, -0.1) is 0 Å². The normalized spacial score (nSPS) is 10.5. The third-order valence-corrected chi connectivity index (χ3v) is 3.74. The van der Waals surface area contributed by atoms with Gasteiger partial charge in [-0.3, -0.25) is 19.6 Å². The smallest absolute Gasteiger partial charge is 0.374 e. The van der Waals surface area contributed by atoms with Gasteiger partial charge in [-0.2, -0.15) is 5.10 Å². The summed E-state index contributed by atoms with van der Waals surface area (Å²) in [6, 6.07) is 8.54. The first kappa shape index (κ1) is 19.1. The van der Waals surface area contributed by atoms with Gasteiger partial charge in [0.2, 0.25) is 5.76 Å². The Bertz CT molecular complexity index is 1010. The second kappa shape index (κ2) is 8.35. The lowest BCUT2D eigenvalue weighted by Crippen LogP contribution is -2.21. The summed E-state index contributed by atoms with van der Waals surface area (Å²) in [5.41, 5.74) is -0.434. The molecule has 144 valence electrons. The van der Waals surface area contributed by atoms with E-state index >= 15 is 0 Å². The van der Waals surface area contributed by atoms with E-state index in [1.807, 2.05) is 0 Å². The van der Waals surface area contributed by atoms with Crippen molar-refractivity contribution in [3.63, 3.8) is 0 Å². The number of nitrogens with zero attached hydrogens (tertiary/aromatic N) is 3. The van der Waals surface area contributed by atoms with Crippen molar-refractivity contribution in [2.75, 3.05) is 11.9 Å². The van der Waals surface area contributed by atoms with Gasteiger partial charge in [0.1, 0.15) is 11.4 Å². The largest absolute Gasteiger partial charge is 0.452 e. The molecule has 0 bridgehead atoms. The molecule has 0 fully saturated rings. The number of ether oxygens (including phenoxy) is 1. The fraction of sp³-hybridized carbons (Fsp3) is 0.118. The zero-order valence-corrected chi connectivity index (χ0v) is 15.0. The highest BCUT2D eigenvalue weighted by molar-refractivity contribution is 6.31. The molecule has 10 nitrogen and oxygen atoms in total. The van der Waals surface area contributed by atoms with Gasteiger partial charge in [0.05, 0.1) is 11.5 Å². The Hall–Kier alpha value is -3.66. The maximum atomic E-state index is 12.0. The molecule has 3 aromatic rings. The summed E-state index contributed by atoms with van der Waals surface area (Å²) in [5, 5.41) is 17.5. The molecule has 0 spiro atoms. The number of halogens is 1. The Labute approximate surface area is 162 Å². The van der Waals surface area contributed by atoms with Crippen LogP contribution in [0.3, 0.4) is 0 Å². The van der Waals surface area contributed by atoms with Crippen molar-refractivity contribution in [2.24, 2.45) is 0 Å². The average Bonchev–Trinajstić information content (AvgIpc) is 3.33. The molecule has 0 saturated heterocycles. The van der Waals surface area contributed by atoms with E-state index in [0.717, 1.165) is 6.07 Å². The van der Waals surface area contributed by atoms with Crippen LogP contribution in [0.25, 0.3) is 0 Å². The second-order valence-corrected chi connectivity index (χ2v) is 5.95. The predicted octanol–water partition coefficient (Wildman–Crippen LogP) is 2.88. The van der Waals surface area contributed by atoms with Crippen LogP contribution in [0.5, 0.6) is 0 Å². The van der Waals surface area contributed by atoms with Crippen molar-refractivity contribution in [1.29, 1.82) is 0 Å². The fourth-order valence-corrected chi connectivity index (χ4v) is 2.44. The molecule has 11 heteroatoms. The van der Waals surface area contributed by atoms with Crippen molar-refractivity contribution in [3.05, 3.63) is 75.4 Å². The first-order valence-corrected chi connectivity index (χ1v) is 8.27. The van der Waals surface area contributed by atoms with Gasteiger partial charge < -0.3 is 14.5 Å². The molecule has 1 N–H and O–H groups in total. The summed E-state index contributed by atoms with van der Waals surface area (Å²) in [5.74, 6) is -1.18. The molecule has 1 amide bonds. The monoisotopic (exact) mass is 404 g/mol. The van der Waals surface area contributed by atoms with Crippen LogP contribution in [0.4, 0.5) is 11.4 Å². The number of carbonyl (C=O) groups excluding carboxylic acids is 2. The Morgan fingerprint density at radius 2 is 2.14 bits per heavy atom. The highest BCUT2D eigenvalue weighted by Crippen LogP contribution is 2.27. The van der Waals surface area contributed by atoms with Crippen molar-refractivity contribution < 1.29 is 23.7 Å². The van der Waals surface area contributed by atoms with Gasteiger partial charge in [0.25, 0.3) is 11.6 Å². The van der Waals surface area contributed by atoms with Crippen LogP contribution in [0.1, 0.15) is 16.3 Å². The molecule has 0 radical (unpaired) electrons. The highest BCUT2D eigenvalue weighted by Gasteiger charge is 2.19. The van der Waals surface area contributed by atoms with Gasteiger partial charge in [-0.1, -0.05) is 11.6 Å². The molecule has 3 rings (SSSR count). The third-order valence-electron chi connectivity index (χ3n) is 3.50. The predicted molar refractivity (Wildman–Crippen MR) is 97.1 cm³/mol. The Balaban J connectivity index is 1.55. The number of anilines is 1. The maximum Gasteiger partial charge on any atom is 0.374 e. The van der Waals surface area contributed by atoms with E-state index in [-0.39, 0.29) is 22.2 Å². The average molecular weight is 405 g/mol. The van der Waals surface area contributed by atoms with Crippen LogP contribution in [0.15, 0.2) is 53.2 Å². The van der Waals surface area contributed by atoms with Crippen molar-refractivity contribution in [2.45, 2.75) is 6.54 Å². The van der Waals surface area contributed by atoms with Crippen LogP contribution < -0.4 is 5.32 Å². The van der Waals surface area contributed by atoms with Crippen molar-refractivity contribution in [1.82, 2.24) is 9.78 Å². The lowest BCUT2D eigenvalue weighted by Gasteiger charge is -2.06.